The van der Waals surface area contributed by atoms with Crippen molar-refractivity contribution in [3.8, 4) is 6.07 Å². The molecule has 0 amide bonds. The number of nitriles is 1. The van der Waals surface area contributed by atoms with E-state index in [-0.39, 0.29) is 0 Å². The molecule has 0 saturated heterocycles. The zero-order valence-electron chi connectivity index (χ0n) is 12.9. The zero-order valence-corrected chi connectivity index (χ0v) is 13.7. The van der Waals surface area contributed by atoms with Crippen molar-refractivity contribution in [2.45, 2.75) is 5.16 Å². The van der Waals surface area contributed by atoms with Crippen LogP contribution in [0.1, 0.15) is 5.56 Å². The first-order valence-corrected chi connectivity index (χ1v) is 8.61. The van der Waals surface area contributed by atoms with Crippen LogP contribution in [0.5, 0.6) is 0 Å². The summed E-state index contributed by atoms with van der Waals surface area (Å²) in [6.45, 7) is 0. The van der Waals surface area contributed by atoms with Crippen LogP contribution >= 0.6 is 11.8 Å². The van der Waals surface area contributed by atoms with Crippen molar-refractivity contribution < 1.29 is 0 Å². The fraction of sp³-hybridized carbons (Fsp3) is 0.0556. The van der Waals surface area contributed by atoms with Crippen molar-refractivity contribution in [3.05, 3.63) is 60.2 Å². The van der Waals surface area contributed by atoms with Crippen LogP contribution in [-0.2, 0) is 0 Å². The van der Waals surface area contributed by atoms with Crippen LogP contribution in [0.15, 0.2) is 59.8 Å². The van der Waals surface area contributed by atoms with Gasteiger partial charge in [-0.2, -0.15) is 5.26 Å². The van der Waals surface area contributed by atoms with Crippen LogP contribution in [0.25, 0.3) is 16.6 Å². The second-order valence-electron chi connectivity index (χ2n) is 5.23. The highest BCUT2D eigenvalue weighted by Crippen LogP contribution is 2.30. The van der Waals surface area contributed by atoms with Crippen LogP contribution in [-0.4, -0.2) is 20.9 Å². The molecular weight excluding hydrogens is 318 g/mol. The summed E-state index contributed by atoms with van der Waals surface area (Å²) in [5.41, 5.74) is 4.03. The Morgan fingerprint density at radius 2 is 1.88 bits per heavy atom. The highest BCUT2D eigenvalue weighted by Gasteiger charge is 2.11. The topological polar surface area (TPSA) is 66.0 Å². The van der Waals surface area contributed by atoms with E-state index in [1.165, 1.54) is 11.8 Å². The van der Waals surface area contributed by atoms with Gasteiger partial charge in [0.15, 0.2) is 5.65 Å². The van der Waals surface area contributed by atoms with Gasteiger partial charge in [-0.05, 0) is 24.5 Å². The molecular formula is C18H13N5S. The molecule has 4 rings (SSSR count). The summed E-state index contributed by atoms with van der Waals surface area (Å²) in [5, 5.41) is 19.0. The van der Waals surface area contributed by atoms with Crippen LogP contribution in [0.2, 0.25) is 0 Å². The van der Waals surface area contributed by atoms with Gasteiger partial charge in [0.1, 0.15) is 6.07 Å². The standard InChI is InChI=1S/C18H13N5S/c1-24-18-21-17-10-15(20-14-8-4-2-6-12(14)11-19)13-7-3-5-9-16(13)23(17)22-18/h2-10,20H,1H3. The summed E-state index contributed by atoms with van der Waals surface area (Å²) in [4.78, 5) is 4.54. The summed E-state index contributed by atoms with van der Waals surface area (Å²) in [5.74, 6) is 0. The molecule has 24 heavy (non-hydrogen) atoms. The normalized spacial score (nSPS) is 10.8. The van der Waals surface area contributed by atoms with E-state index in [1.807, 2.05) is 59.3 Å². The number of hydrogen-bond acceptors (Lipinski definition) is 5. The average Bonchev–Trinajstić information content (AvgIpc) is 3.06. The number of thioether (sulfide) groups is 1. The number of hydrogen-bond donors (Lipinski definition) is 1. The highest BCUT2D eigenvalue weighted by molar-refractivity contribution is 7.98. The Morgan fingerprint density at radius 3 is 2.71 bits per heavy atom. The van der Waals surface area contributed by atoms with Crippen LogP contribution in [0, 0.1) is 11.3 Å². The van der Waals surface area contributed by atoms with Crippen LogP contribution in [0.4, 0.5) is 11.4 Å². The number of fused-ring (bicyclic) bond motifs is 3. The molecule has 0 aliphatic heterocycles. The van der Waals surface area contributed by atoms with Crippen molar-refractivity contribution in [1.29, 1.82) is 5.26 Å². The third-order valence-corrected chi connectivity index (χ3v) is 4.35. The molecule has 116 valence electrons. The number of para-hydroxylation sites is 2. The van der Waals surface area contributed by atoms with Gasteiger partial charge in [0.05, 0.1) is 22.5 Å². The molecule has 0 unspecified atom stereocenters. The van der Waals surface area contributed by atoms with Crippen molar-refractivity contribution in [2.75, 3.05) is 11.6 Å². The second kappa shape index (κ2) is 5.87. The first-order valence-electron chi connectivity index (χ1n) is 7.39. The van der Waals surface area contributed by atoms with E-state index in [0.29, 0.717) is 5.56 Å². The first-order chi connectivity index (χ1) is 11.8. The largest absolute Gasteiger partial charge is 0.354 e. The molecule has 0 fully saturated rings. The van der Waals surface area contributed by atoms with E-state index in [1.54, 1.807) is 6.07 Å². The van der Waals surface area contributed by atoms with Crippen LogP contribution < -0.4 is 5.32 Å². The van der Waals surface area contributed by atoms with Gasteiger partial charge in [-0.1, -0.05) is 42.1 Å². The average molecular weight is 331 g/mol. The molecule has 4 aromatic rings. The van der Waals surface area contributed by atoms with Gasteiger partial charge >= 0.3 is 0 Å². The fourth-order valence-corrected chi connectivity index (χ4v) is 3.04. The molecule has 2 heterocycles. The molecule has 2 aromatic heterocycles. The van der Waals surface area contributed by atoms with Crippen molar-refractivity contribution in [1.82, 2.24) is 14.6 Å². The molecule has 1 N–H and O–H groups in total. The minimum absolute atomic E-state index is 0.604. The third-order valence-electron chi connectivity index (χ3n) is 3.81. The van der Waals surface area contributed by atoms with Gasteiger partial charge in [-0.3, -0.25) is 0 Å². The number of nitrogens with one attached hydrogen (secondary N) is 1. The molecule has 2 aromatic carbocycles. The van der Waals surface area contributed by atoms with Gasteiger partial charge in [0.25, 0.3) is 0 Å². The van der Waals surface area contributed by atoms with Gasteiger partial charge in [-0.25, -0.2) is 9.50 Å². The number of nitrogens with zero attached hydrogens (tertiary/aromatic N) is 4. The molecule has 0 aliphatic rings. The Balaban J connectivity index is 1.95. The molecule has 0 bridgehead atoms. The quantitative estimate of drug-likeness (QED) is 0.569. The lowest BCUT2D eigenvalue weighted by Crippen LogP contribution is -1.98. The minimum Gasteiger partial charge on any atom is -0.354 e. The lowest BCUT2D eigenvalue weighted by molar-refractivity contribution is 0.916. The Labute approximate surface area is 142 Å². The summed E-state index contributed by atoms with van der Waals surface area (Å²) in [6, 6.07) is 19.7. The predicted octanol–water partition coefficient (Wildman–Crippen LogP) is 4.22. The summed E-state index contributed by atoms with van der Waals surface area (Å²) < 4.78 is 1.85. The summed E-state index contributed by atoms with van der Waals surface area (Å²) in [7, 11) is 0. The van der Waals surface area contributed by atoms with Crippen molar-refractivity contribution >= 4 is 39.7 Å². The summed E-state index contributed by atoms with van der Waals surface area (Å²) in [6.07, 6.45) is 1.96. The maximum Gasteiger partial charge on any atom is 0.209 e. The predicted molar refractivity (Wildman–Crippen MR) is 96.7 cm³/mol. The Hall–Kier alpha value is -3.04. The molecule has 0 aliphatic carbocycles. The minimum atomic E-state index is 0.604. The SMILES string of the molecule is CSc1nc2cc(Nc3ccccc3C#N)c3ccccc3n2n1. The molecule has 5 nitrogen and oxygen atoms in total. The molecule has 0 spiro atoms. The highest BCUT2D eigenvalue weighted by atomic mass is 32.2. The zero-order chi connectivity index (χ0) is 16.5. The molecule has 6 heteroatoms. The van der Waals surface area contributed by atoms with E-state index in [9.17, 15) is 5.26 Å². The first kappa shape index (κ1) is 14.5. The number of benzene rings is 2. The smallest absolute Gasteiger partial charge is 0.209 e. The number of pyridine rings is 1. The third kappa shape index (κ3) is 2.36. The van der Waals surface area contributed by atoms with Gasteiger partial charge < -0.3 is 5.32 Å². The maximum absolute atomic E-state index is 9.30. The van der Waals surface area contributed by atoms with Gasteiger partial charge in [0, 0.05) is 11.5 Å². The van der Waals surface area contributed by atoms with E-state index < -0.39 is 0 Å². The van der Waals surface area contributed by atoms with Crippen molar-refractivity contribution in [2.24, 2.45) is 0 Å². The lowest BCUT2D eigenvalue weighted by atomic mass is 10.1. The number of anilines is 2. The lowest BCUT2D eigenvalue weighted by Gasteiger charge is -2.12. The second-order valence-corrected chi connectivity index (χ2v) is 6.00. The molecule has 0 radical (unpaired) electrons. The van der Waals surface area contributed by atoms with E-state index in [2.05, 4.69) is 21.5 Å². The van der Waals surface area contributed by atoms with E-state index in [0.717, 1.165) is 33.1 Å². The van der Waals surface area contributed by atoms with E-state index in [4.69, 9.17) is 0 Å². The summed E-state index contributed by atoms with van der Waals surface area (Å²) >= 11 is 1.51. The monoisotopic (exact) mass is 331 g/mol. The van der Waals surface area contributed by atoms with Gasteiger partial charge in [-0.15, -0.1) is 5.10 Å². The fourth-order valence-electron chi connectivity index (χ4n) is 2.69. The molecule has 0 saturated carbocycles. The Bertz CT molecular complexity index is 1090. The van der Waals surface area contributed by atoms with Crippen molar-refractivity contribution in [3.63, 3.8) is 0 Å². The Morgan fingerprint density at radius 1 is 1.08 bits per heavy atom. The molecule has 0 atom stereocenters. The van der Waals surface area contributed by atoms with Gasteiger partial charge in [0.2, 0.25) is 5.16 Å². The van der Waals surface area contributed by atoms with Crippen LogP contribution in [0.3, 0.4) is 0 Å². The van der Waals surface area contributed by atoms with E-state index >= 15 is 0 Å². The number of aromatic nitrogens is 3. The Kier molecular flexibility index (Phi) is 3.56. The maximum atomic E-state index is 9.30. The number of rotatable bonds is 3.